The minimum Gasteiger partial charge on any atom is -0.466 e. The molecule has 0 aromatic heterocycles. The molecule has 0 radical (unpaired) electrons. The zero-order valence-corrected chi connectivity index (χ0v) is 11.4. The minimum absolute atomic E-state index is 0.0347. The number of ether oxygens (including phenoxy) is 1. The van der Waals surface area contributed by atoms with Crippen LogP contribution in [0.2, 0.25) is 0 Å². The Bertz CT molecular complexity index is 354. The number of amides is 1. The number of carbonyl (C=O) groups excluding carboxylic acids is 2. The lowest BCUT2D eigenvalue weighted by Crippen LogP contribution is -2.46. The molecule has 0 aromatic carbocycles. The summed E-state index contributed by atoms with van der Waals surface area (Å²) >= 11 is 0. The van der Waals surface area contributed by atoms with Crippen LogP contribution in [0.25, 0.3) is 0 Å². The molecule has 3 N–H and O–H groups in total. The van der Waals surface area contributed by atoms with E-state index in [-0.39, 0.29) is 30.3 Å². The van der Waals surface area contributed by atoms with Crippen LogP contribution in [-0.2, 0) is 14.3 Å². The Labute approximate surface area is 114 Å². The van der Waals surface area contributed by atoms with Gasteiger partial charge in [-0.1, -0.05) is 0 Å². The molecule has 106 valence electrons. The van der Waals surface area contributed by atoms with Crippen molar-refractivity contribution < 1.29 is 14.3 Å². The van der Waals surface area contributed by atoms with E-state index >= 15 is 0 Å². The maximum atomic E-state index is 11.7. The van der Waals surface area contributed by atoms with E-state index in [0.717, 1.165) is 25.7 Å². The second kappa shape index (κ2) is 7.80. The maximum Gasteiger partial charge on any atom is 0.308 e. The first-order valence-corrected chi connectivity index (χ1v) is 6.74. The Morgan fingerprint density at radius 1 is 1.42 bits per heavy atom. The molecule has 1 unspecified atom stereocenters. The molecule has 0 saturated heterocycles. The van der Waals surface area contributed by atoms with Crippen LogP contribution in [0, 0.1) is 18.3 Å². The number of hydrogen-bond donors (Lipinski definition) is 2. The summed E-state index contributed by atoms with van der Waals surface area (Å²) in [5.41, 5.74) is 5.63. The van der Waals surface area contributed by atoms with Gasteiger partial charge in [0.1, 0.15) is 0 Å². The summed E-state index contributed by atoms with van der Waals surface area (Å²) in [5.74, 6) is 2.00. The van der Waals surface area contributed by atoms with Crippen LogP contribution < -0.4 is 11.1 Å². The molecule has 19 heavy (non-hydrogen) atoms. The Balaban J connectivity index is 2.32. The normalized spacial score (nSPS) is 24.1. The summed E-state index contributed by atoms with van der Waals surface area (Å²) < 4.78 is 5.00. The summed E-state index contributed by atoms with van der Waals surface area (Å²) in [6.45, 7) is 2.22. The van der Waals surface area contributed by atoms with Gasteiger partial charge in [-0.25, -0.2) is 0 Å². The molecule has 0 aromatic rings. The zero-order chi connectivity index (χ0) is 14.3. The van der Waals surface area contributed by atoms with E-state index in [0.29, 0.717) is 6.61 Å². The van der Waals surface area contributed by atoms with Crippen LogP contribution in [0.4, 0.5) is 0 Å². The molecule has 0 heterocycles. The first-order chi connectivity index (χ1) is 9.08. The van der Waals surface area contributed by atoms with Crippen molar-refractivity contribution in [2.45, 2.75) is 51.1 Å². The minimum atomic E-state index is -0.646. The van der Waals surface area contributed by atoms with Crippen molar-refractivity contribution in [2.24, 2.45) is 11.7 Å². The Hall–Kier alpha value is -1.54. The van der Waals surface area contributed by atoms with Crippen LogP contribution >= 0.6 is 0 Å². The predicted molar refractivity (Wildman–Crippen MR) is 71.9 cm³/mol. The summed E-state index contributed by atoms with van der Waals surface area (Å²) in [4.78, 5) is 23.3. The number of hydrogen-bond acceptors (Lipinski definition) is 4. The summed E-state index contributed by atoms with van der Waals surface area (Å²) in [7, 11) is 0. The van der Waals surface area contributed by atoms with E-state index in [1.54, 1.807) is 6.92 Å². The number of nitrogens with two attached hydrogens (primary N) is 1. The Morgan fingerprint density at radius 2 is 2.05 bits per heavy atom. The van der Waals surface area contributed by atoms with E-state index in [2.05, 4.69) is 11.2 Å². The molecule has 0 bridgehead atoms. The molecule has 1 amide bonds. The molecule has 1 fully saturated rings. The van der Waals surface area contributed by atoms with Crippen molar-refractivity contribution in [3.05, 3.63) is 0 Å². The van der Waals surface area contributed by atoms with E-state index in [9.17, 15) is 9.59 Å². The van der Waals surface area contributed by atoms with Gasteiger partial charge in [0.2, 0.25) is 5.91 Å². The van der Waals surface area contributed by atoms with Gasteiger partial charge in [0.15, 0.2) is 0 Å². The Morgan fingerprint density at radius 3 is 2.58 bits per heavy atom. The summed E-state index contributed by atoms with van der Waals surface area (Å²) in [6.07, 6.45) is 8.40. The number of rotatable bonds is 5. The van der Waals surface area contributed by atoms with Crippen LogP contribution in [0.3, 0.4) is 0 Å². The molecule has 0 aliphatic heterocycles. The molecule has 1 atom stereocenters. The van der Waals surface area contributed by atoms with Crippen molar-refractivity contribution in [3.8, 4) is 12.3 Å². The number of nitrogens with one attached hydrogen (secondary N) is 1. The second-order valence-electron chi connectivity index (χ2n) is 4.82. The van der Waals surface area contributed by atoms with E-state index in [4.69, 9.17) is 16.9 Å². The monoisotopic (exact) mass is 266 g/mol. The van der Waals surface area contributed by atoms with Gasteiger partial charge in [-0.15, -0.1) is 12.3 Å². The van der Waals surface area contributed by atoms with Gasteiger partial charge in [-0.05, 0) is 32.6 Å². The van der Waals surface area contributed by atoms with Gasteiger partial charge in [0.05, 0.1) is 18.6 Å². The average Bonchev–Trinajstić information content (AvgIpc) is 2.40. The fourth-order valence-electron chi connectivity index (χ4n) is 2.26. The molecule has 0 spiro atoms. The first-order valence-electron chi connectivity index (χ1n) is 6.74. The largest absolute Gasteiger partial charge is 0.466 e. The molecule has 5 heteroatoms. The van der Waals surface area contributed by atoms with Gasteiger partial charge in [-0.2, -0.15) is 0 Å². The van der Waals surface area contributed by atoms with Gasteiger partial charge in [-0.3, -0.25) is 9.59 Å². The highest BCUT2D eigenvalue weighted by Crippen LogP contribution is 2.25. The van der Waals surface area contributed by atoms with Crippen molar-refractivity contribution >= 4 is 11.9 Å². The third-order valence-corrected chi connectivity index (χ3v) is 3.37. The highest BCUT2D eigenvalue weighted by atomic mass is 16.5. The standard InChI is InChI=1S/C14H22N2O3/c1-3-5-12(15)13(17)16-11-8-6-10(7-9-11)14(18)19-4-2/h1,10-12H,4-9,15H2,2H3,(H,16,17). The fourth-order valence-corrected chi connectivity index (χ4v) is 2.26. The zero-order valence-electron chi connectivity index (χ0n) is 11.4. The Kier molecular flexibility index (Phi) is 6.37. The lowest BCUT2D eigenvalue weighted by atomic mass is 9.86. The lowest BCUT2D eigenvalue weighted by molar-refractivity contribution is -0.149. The molecule has 1 rings (SSSR count). The summed E-state index contributed by atoms with van der Waals surface area (Å²) in [5, 5.41) is 2.88. The first kappa shape index (κ1) is 15.5. The van der Waals surface area contributed by atoms with E-state index < -0.39 is 6.04 Å². The highest BCUT2D eigenvalue weighted by molar-refractivity contribution is 5.82. The molecular formula is C14H22N2O3. The number of esters is 1. The third-order valence-electron chi connectivity index (χ3n) is 3.37. The van der Waals surface area contributed by atoms with Crippen LogP contribution in [0.1, 0.15) is 39.0 Å². The quantitative estimate of drug-likeness (QED) is 0.563. The lowest BCUT2D eigenvalue weighted by Gasteiger charge is -2.28. The van der Waals surface area contributed by atoms with Crippen LogP contribution in [0.5, 0.6) is 0 Å². The number of terminal acetylenes is 1. The van der Waals surface area contributed by atoms with Gasteiger partial charge < -0.3 is 15.8 Å². The molecule has 5 nitrogen and oxygen atoms in total. The molecule has 1 saturated carbocycles. The third kappa shape index (κ3) is 4.92. The van der Waals surface area contributed by atoms with Gasteiger partial charge >= 0.3 is 5.97 Å². The van der Waals surface area contributed by atoms with Crippen LogP contribution in [0.15, 0.2) is 0 Å². The molecular weight excluding hydrogens is 244 g/mol. The van der Waals surface area contributed by atoms with Crippen molar-refractivity contribution in [3.63, 3.8) is 0 Å². The summed E-state index contributed by atoms with van der Waals surface area (Å²) in [6, 6.07) is -0.560. The average molecular weight is 266 g/mol. The maximum absolute atomic E-state index is 11.7. The number of carbonyl (C=O) groups is 2. The van der Waals surface area contributed by atoms with E-state index in [1.807, 2.05) is 0 Å². The van der Waals surface area contributed by atoms with Crippen molar-refractivity contribution in [1.82, 2.24) is 5.32 Å². The molecule has 1 aliphatic carbocycles. The van der Waals surface area contributed by atoms with Crippen molar-refractivity contribution in [1.29, 1.82) is 0 Å². The molecule has 1 aliphatic rings. The van der Waals surface area contributed by atoms with E-state index in [1.165, 1.54) is 0 Å². The topological polar surface area (TPSA) is 81.4 Å². The fraction of sp³-hybridized carbons (Fsp3) is 0.714. The van der Waals surface area contributed by atoms with Gasteiger partial charge in [0, 0.05) is 12.5 Å². The SMILES string of the molecule is C#CCC(N)C(=O)NC1CCC(C(=O)OCC)CC1. The smallest absolute Gasteiger partial charge is 0.308 e. The predicted octanol–water partition coefficient (Wildman–Crippen LogP) is 0.575. The van der Waals surface area contributed by atoms with Gasteiger partial charge in [0.25, 0.3) is 0 Å². The van der Waals surface area contributed by atoms with Crippen LogP contribution in [-0.4, -0.2) is 30.6 Å². The second-order valence-corrected chi connectivity index (χ2v) is 4.82. The highest BCUT2D eigenvalue weighted by Gasteiger charge is 2.28. The van der Waals surface area contributed by atoms with Crippen molar-refractivity contribution in [2.75, 3.05) is 6.61 Å².